The minimum absolute atomic E-state index is 0.0718. The maximum absolute atomic E-state index is 13.2. The lowest BCUT2D eigenvalue weighted by Gasteiger charge is -2.26. The van der Waals surface area contributed by atoms with Gasteiger partial charge in [-0.3, -0.25) is 4.79 Å². The first-order valence-electron chi connectivity index (χ1n) is 10.2. The Morgan fingerprint density at radius 1 is 1.11 bits per heavy atom. The highest BCUT2D eigenvalue weighted by atomic mass is 35.5. The second kappa shape index (κ2) is 10.9. The molecule has 1 saturated heterocycles. The number of alkyl halides is 6. The van der Waals surface area contributed by atoms with Crippen LogP contribution in [-0.4, -0.2) is 45.7 Å². The number of thioether (sulfide) groups is 1. The van der Waals surface area contributed by atoms with E-state index in [1.165, 1.54) is 6.07 Å². The number of likely N-dealkylation sites (tertiary alicyclic amines) is 1. The van der Waals surface area contributed by atoms with Crippen molar-refractivity contribution in [1.82, 2.24) is 14.7 Å². The molecule has 1 aliphatic heterocycles. The van der Waals surface area contributed by atoms with Crippen molar-refractivity contribution >= 4 is 46.7 Å². The number of anilines is 1. The fourth-order valence-electron chi connectivity index (χ4n) is 3.53. The van der Waals surface area contributed by atoms with Crippen molar-refractivity contribution < 1.29 is 31.1 Å². The molecule has 0 spiro atoms. The number of halogens is 8. The minimum atomic E-state index is -4.86. The summed E-state index contributed by atoms with van der Waals surface area (Å²) in [6.07, 6.45) is -1.85. The number of carbonyl (C=O) groups is 1. The topological polar surface area (TPSA) is 74.0 Å². The summed E-state index contributed by atoms with van der Waals surface area (Å²) in [5.74, 6) is -1.25. The van der Waals surface area contributed by atoms with Crippen LogP contribution in [0.4, 0.5) is 32.2 Å². The standard InChI is InChI=1S/C20H17Cl2F6N5OS/c21-12-8-11(19(23,24)25)9-13(22)16(12)33-18(17(14(10-29)31-33)35-20(26,27)28)30-15(34)4-7-32-5-2-1-3-6-32/h8-9H,1-7H2,(H,30,34). The van der Waals surface area contributed by atoms with Crippen molar-refractivity contribution in [2.45, 2.75) is 42.3 Å². The quantitative estimate of drug-likeness (QED) is 0.323. The number of hydrogen-bond donors (Lipinski definition) is 1. The van der Waals surface area contributed by atoms with E-state index < -0.39 is 67.1 Å². The molecule has 1 aromatic heterocycles. The van der Waals surface area contributed by atoms with Crippen molar-refractivity contribution in [2.24, 2.45) is 0 Å². The number of carbonyl (C=O) groups excluding carboxylic acids is 1. The van der Waals surface area contributed by atoms with Crippen LogP contribution in [0, 0.1) is 11.3 Å². The number of rotatable bonds is 6. The lowest BCUT2D eigenvalue weighted by molar-refractivity contribution is -0.137. The zero-order chi connectivity index (χ0) is 26.0. The van der Waals surface area contributed by atoms with Gasteiger partial charge in [-0.05, 0) is 49.8 Å². The van der Waals surface area contributed by atoms with Crippen molar-refractivity contribution in [1.29, 1.82) is 5.26 Å². The summed E-state index contributed by atoms with van der Waals surface area (Å²) >= 11 is 11.3. The number of nitriles is 1. The molecule has 1 aliphatic rings. The van der Waals surface area contributed by atoms with Gasteiger partial charge in [-0.2, -0.15) is 36.7 Å². The summed E-state index contributed by atoms with van der Waals surface area (Å²) in [5, 5.41) is 14.2. The van der Waals surface area contributed by atoms with Gasteiger partial charge >= 0.3 is 11.7 Å². The summed E-state index contributed by atoms with van der Waals surface area (Å²) in [7, 11) is 0. The minimum Gasteiger partial charge on any atom is -0.310 e. The number of benzene rings is 1. The van der Waals surface area contributed by atoms with Crippen LogP contribution in [0.15, 0.2) is 17.0 Å². The number of nitrogens with one attached hydrogen (secondary N) is 1. The molecule has 0 bridgehead atoms. The maximum atomic E-state index is 13.2. The van der Waals surface area contributed by atoms with E-state index in [-0.39, 0.29) is 6.42 Å². The first-order valence-corrected chi connectivity index (χ1v) is 11.7. The van der Waals surface area contributed by atoms with Crippen LogP contribution in [0.1, 0.15) is 36.9 Å². The van der Waals surface area contributed by atoms with Gasteiger partial charge in [0.2, 0.25) is 5.91 Å². The van der Waals surface area contributed by atoms with E-state index in [1.54, 1.807) is 0 Å². The molecule has 0 radical (unpaired) electrons. The molecule has 0 atom stereocenters. The lowest BCUT2D eigenvalue weighted by atomic mass is 10.1. The van der Waals surface area contributed by atoms with Gasteiger partial charge in [0.25, 0.3) is 0 Å². The van der Waals surface area contributed by atoms with Gasteiger partial charge in [0.15, 0.2) is 11.5 Å². The summed E-state index contributed by atoms with van der Waals surface area (Å²) in [6.45, 7) is 1.93. The van der Waals surface area contributed by atoms with Gasteiger partial charge in [0.1, 0.15) is 11.8 Å². The average Bonchev–Trinajstić information content (AvgIpc) is 3.07. The van der Waals surface area contributed by atoms with Crippen LogP contribution in [0.2, 0.25) is 10.0 Å². The lowest BCUT2D eigenvalue weighted by Crippen LogP contribution is -2.32. The van der Waals surface area contributed by atoms with Crippen LogP contribution in [0.3, 0.4) is 0 Å². The second-order valence-electron chi connectivity index (χ2n) is 7.58. The third-order valence-corrected chi connectivity index (χ3v) is 6.48. The monoisotopic (exact) mass is 559 g/mol. The van der Waals surface area contributed by atoms with Gasteiger partial charge in [0.05, 0.1) is 20.5 Å². The summed E-state index contributed by atoms with van der Waals surface area (Å²) < 4.78 is 79.7. The predicted octanol–water partition coefficient (Wildman–Crippen LogP) is 6.50. The van der Waals surface area contributed by atoms with Crippen molar-refractivity contribution in [3.8, 4) is 11.8 Å². The smallest absolute Gasteiger partial charge is 0.310 e. The van der Waals surface area contributed by atoms with E-state index in [0.717, 1.165) is 32.4 Å². The molecule has 3 rings (SSSR count). The first kappa shape index (κ1) is 27.4. The Balaban J connectivity index is 2.03. The summed E-state index contributed by atoms with van der Waals surface area (Å²) in [6, 6.07) is 2.55. The molecular formula is C20H17Cl2F6N5OS. The molecule has 1 aromatic carbocycles. The van der Waals surface area contributed by atoms with Crippen LogP contribution in [-0.2, 0) is 11.0 Å². The van der Waals surface area contributed by atoms with Gasteiger partial charge < -0.3 is 10.2 Å². The molecule has 0 saturated carbocycles. The van der Waals surface area contributed by atoms with Crippen LogP contribution in [0.25, 0.3) is 5.69 Å². The van der Waals surface area contributed by atoms with Crippen molar-refractivity contribution in [3.05, 3.63) is 33.4 Å². The fraction of sp³-hybridized carbons (Fsp3) is 0.450. The molecule has 15 heteroatoms. The zero-order valence-corrected chi connectivity index (χ0v) is 20.1. The fourth-order valence-corrected chi connectivity index (χ4v) is 4.83. The molecule has 2 aromatic rings. The van der Waals surface area contributed by atoms with E-state index in [4.69, 9.17) is 23.2 Å². The largest absolute Gasteiger partial charge is 0.446 e. The van der Waals surface area contributed by atoms with Gasteiger partial charge in [0, 0.05) is 13.0 Å². The molecule has 190 valence electrons. The number of amides is 1. The molecule has 35 heavy (non-hydrogen) atoms. The Labute approximate surface area is 210 Å². The van der Waals surface area contributed by atoms with E-state index >= 15 is 0 Å². The third kappa shape index (κ3) is 6.97. The van der Waals surface area contributed by atoms with Crippen LogP contribution < -0.4 is 5.32 Å². The van der Waals surface area contributed by atoms with Crippen molar-refractivity contribution in [3.63, 3.8) is 0 Å². The van der Waals surface area contributed by atoms with Gasteiger partial charge in [-0.15, -0.1) is 0 Å². The summed E-state index contributed by atoms with van der Waals surface area (Å²) in [4.78, 5) is 13.9. The molecule has 1 fully saturated rings. The SMILES string of the molecule is N#Cc1nn(-c2c(Cl)cc(C(F)(F)F)cc2Cl)c(NC(=O)CCN2CCCCC2)c1SC(F)(F)F. The second-order valence-corrected chi connectivity index (χ2v) is 9.47. The Morgan fingerprint density at radius 3 is 2.23 bits per heavy atom. The van der Waals surface area contributed by atoms with Gasteiger partial charge in [-0.1, -0.05) is 29.6 Å². The molecule has 2 heterocycles. The van der Waals surface area contributed by atoms with Crippen LogP contribution in [0.5, 0.6) is 0 Å². The Bertz CT molecular complexity index is 1120. The normalized spacial score (nSPS) is 15.2. The molecule has 0 unspecified atom stereocenters. The number of hydrogen-bond acceptors (Lipinski definition) is 5. The molecule has 1 N–H and O–H groups in total. The summed E-state index contributed by atoms with van der Waals surface area (Å²) in [5.41, 5.74) is -7.19. The highest BCUT2D eigenvalue weighted by Gasteiger charge is 2.37. The van der Waals surface area contributed by atoms with E-state index in [0.29, 0.717) is 23.4 Å². The maximum Gasteiger partial charge on any atom is 0.446 e. The van der Waals surface area contributed by atoms with E-state index in [9.17, 15) is 36.4 Å². The molecule has 0 aliphatic carbocycles. The predicted molar refractivity (Wildman–Crippen MR) is 119 cm³/mol. The number of nitrogens with zero attached hydrogens (tertiary/aromatic N) is 4. The zero-order valence-electron chi connectivity index (χ0n) is 17.7. The first-order chi connectivity index (χ1) is 16.3. The highest BCUT2D eigenvalue weighted by molar-refractivity contribution is 8.00. The molecular weight excluding hydrogens is 543 g/mol. The third-order valence-electron chi connectivity index (χ3n) is 5.08. The van der Waals surface area contributed by atoms with E-state index in [2.05, 4.69) is 10.4 Å². The number of piperidine rings is 1. The molecule has 6 nitrogen and oxygen atoms in total. The molecule has 1 amide bonds. The highest BCUT2D eigenvalue weighted by Crippen LogP contribution is 2.45. The Morgan fingerprint density at radius 2 is 1.71 bits per heavy atom. The number of aromatic nitrogens is 2. The Kier molecular flexibility index (Phi) is 8.52. The average molecular weight is 560 g/mol. The van der Waals surface area contributed by atoms with E-state index in [1.807, 2.05) is 4.90 Å². The van der Waals surface area contributed by atoms with Gasteiger partial charge in [-0.25, -0.2) is 4.68 Å². The van der Waals surface area contributed by atoms with Crippen molar-refractivity contribution in [2.75, 3.05) is 25.0 Å². The van der Waals surface area contributed by atoms with Crippen LogP contribution >= 0.6 is 35.0 Å². The Hall–Kier alpha value is -2.14.